The van der Waals surface area contributed by atoms with Crippen molar-refractivity contribution in [1.29, 1.82) is 0 Å². The van der Waals surface area contributed by atoms with Crippen molar-refractivity contribution in [3.63, 3.8) is 0 Å². The van der Waals surface area contributed by atoms with E-state index < -0.39 is 10.0 Å². The fraction of sp³-hybridized carbons (Fsp3) is 0.417. The number of nitrogens with zero attached hydrogens (tertiary/aromatic N) is 2. The zero-order valence-electron chi connectivity index (χ0n) is 19.7. The highest BCUT2D eigenvalue weighted by molar-refractivity contribution is 7.89. The molecule has 184 valence electrons. The Morgan fingerprint density at radius 3 is 2.38 bits per heavy atom. The van der Waals surface area contributed by atoms with Crippen LogP contribution in [0.2, 0.25) is 0 Å². The van der Waals surface area contributed by atoms with Crippen molar-refractivity contribution in [3.05, 3.63) is 42.5 Å². The fourth-order valence-electron chi connectivity index (χ4n) is 3.33. The number of aromatic nitrogens is 1. The number of ether oxygens (including phenoxy) is 2. The molecular formula is C24H31N3O5S2. The smallest absolute Gasteiger partial charge is 0.264 e. The van der Waals surface area contributed by atoms with E-state index in [0.717, 1.165) is 25.7 Å². The number of methoxy groups -OCH3 is 1. The molecule has 0 spiro atoms. The minimum atomic E-state index is -3.60. The lowest BCUT2D eigenvalue weighted by Crippen LogP contribution is -2.33. The predicted molar refractivity (Wildman–Crippen MR) is 135 cm³/mol. The number of rotatable bonds is 13. The molecule has 0 saturated carbocycles. The topological polar surface area (TPSA) is 97.8 Å². The number of carbonyl (C=O) groups is 1. The van der Waals surface area contributed by atoms with E-state index in [2.05, 4.69) is 10.3 Å². The highest BCUT2D eigenvalue weighted by Crippen LogP contribution is 2.30. The summed E-state index contributed by atoms with van der Waals surface area (Å²) >= 11 is 1.23. The van der Waals surface area contributed by atoms with Gasteiger partial charge in [0.15, 0.2) is 23.2 Å². The second-order valence-electron chi connectivity index (χ2n) is 7.75. The van der Waals surface area contributed by atoms with Gasteiger partial charge in [0.05, 0.1) is 22.2 Å². The van der Waals surface area contributed by atoms with E-state index in [1.807, 2.05) is 19.9 Å². The Morgan fingerprint density at radius 2 is 1.74 bits per heavy atom. The molecule has 0 aliphatic rings. The maximum Gasteiger partial charge on any atom is 0.264 e. The van der Waals surface area contributed by atoms with E-state index >= 15 is 0 Å². The van der Waals surface area contributed by atoms with E-state index in [-0.39, 0.29) is 17.4 Å². The Bertz CT molecular complexity index is 1200. The summed E-state index contributed by atoms with van der Waals surface area (Å²) in [5.41, 5.74) is 0.624. The molecule has 0 bridgehead atoms. The van der Waals surface area contributed by atoms with Crippen molar-refractivity contribution >= 4 is 42.6 Å². The van der Waals surface area contributed by atoms with Crippen molar-refractivity contribution in [2.24, 2.45) is 0 Å². The maximum absolute atomic E-state index is 13.3. The number of anilines is 1. The Kier molecular flexibility index (Phi) is 9.26. The zero-order chi connectivity index (χ0) is 24.6. The van der Waals surface area contributed by atoms with Crippen LogP contribution in [0.25, 0.3) is 10.2 Å². The van der Waals surface area contributed by atoms with Gasteiger partial charge in [-0.15, -0.1) is 0 Å². The summed E-state index contributed by atoms with van der Waals surface area (Å²) in [7, 11) is -2.07. The third kappa shape index (κ3) is 6.46. The first-order valence-corrected chi connectivity index (χ1v) is 13.6. The molecule has 8 nitrogen and oxygen atoms in total. The molecule has 1 aromatic heterocycles. The largest absolute Gasteiger partial charge is 0.493 e. The lowest BCUT2D eigenvalue weighted by atomic mass is 10.3. The number of fused-ring (bicyclic) bond motifs is 1. The lowest BCUT2D eigenvalue weighted by Gasteiger charge is -2.21. The summed E-state index contributed by atoms with van der Waals surface area (Å²) in [4.78, 5) is 17.0. The lowest BCUT2D eigenvalue weighted by molar-refractivity contribution is -0.118. The fourth-order valence-corrected chi connectivity index (χ4v) is 5.87. The minimum Gasteiger partial charge on any atom is -0.493 e. The number of amides is 1. The molecule has 1 N–H and O–H groups in total. The van der Waals surface area contributed by atoms with Gasteiger partial charge < -0.3 is 9.47 Å². The van der Waals surface area contributed by atoms with Crippen molar-refractivity contribution in [2.75, 3.05) is 32.1 Å². The molecule has 34 heavy (non-hydrogen) atoms. The average Bonchev–Trinajstić information content (AvgIpc) is 3.24. The summed E-state index contributed by atoms with van der Waals surface area (Å²) in [5.74, 6) is 0.633. The highest BCUT2D eigenvalue weighted by Gasteiger charge is 2.24. The van der Waals surface area contributed by atoms with E-state index in [0.29, 0.717) is 39.9 Å². The Hall–Kier alpha value is -2.69. The van der Waals surface area contributed by atoms with Crippen molar-refractivity contribution in [2.45, 2.75) is 44.4 Å². The van der Waals surface area contributed by atoms with Crippen molar-refractivity contribution in [1.82, 2.24) is 9.29 Å². The first kappa shape index (κ1) is 25.9. The Balaban J connectivity index is 1.72. The predicted octanol–water partition coefficient (Wildman–Crippen LogP) is 4.91. The van der Waals surface area contributed by atoms with Crippen molar-refractivity contribution < 1.29 is 22.7 Å². The molecule has 2 aromatic carbocycles. The van der Waals surface area contributed by atoms with Gasteiger partial charge in [-0.1, -0.05) is 50.2 Å². The van der Waals surface area contributed by atoms with Gasteiger partial charge in [0.2, 0.25) is 10.0 Å². The Labute approximate surface area is 205 Å². The number of thiazole rings is 1. The number of unbranched alkanes of at least 4 members (excludes halogenated alkanes) is 2. The number of hydrogen-bond donors (Lipinski definition) is 1. The van der Waals surface area contributed by atoms with E-state index in [1.165, 1.54) is 18.4 Å². The molecule has 3 rings (SSSR count). The summed E-state index contributed by atoms with van der Waals surface area (Å²) in [6.45, 7) is 4.90. The van der Waals surface area contributed by atoms with E-state index in [4.69, 9.17) is 9.47 Å². The summed E-state index contributed by atoms with van der Waals surface area (Å²) in [6.07, 6.45) is 3.49. The van der Waals surface area contributed by atoms with Crippen LogP contribution in [0.3, 0.4) is 0 Å². The molecule has 1 amide bonds. The normalized spacial score (nSPS) is 11.6. The second-order valence-corrected chi connectivity index (χ2v) is 10.7. The van der Waals surface area contributed by atoms with Crippen LogP contribution in [-0.2, 0) is 14.8 Å². The molecule has 0 radical (unpaired) electrons. The molecule has 0 atom stereocenters. The number of sulfonamides is 1. The molecule has 0 unspecified atom stereocenters. The van der Waals surface area contributed by atoms with Crippen LogP contribution in [0.5, 0.6) is 11.5 Å². The standard InChI is InChI=1S/C24H31N3O5S2/c1-4-6-14-27(15-7-5-2)34(29,30)18-12-13-19-22(16-18)33-24(25-19)26-23(28)17-32-21-11-9-8-10-20(21)31-3/h8-13,16H,4-7,14-15,17H2,1-3H3,(H,25,26,28). The van der Waals surface area contributed by atoms with Crippen LogP contribution in [0.1, 0.15) is 39.5 Å². The van der Waals surface area contributed by atoms with Crippen LogP contribution < -0.4 is 14.8 Å². The number of nitrogens with one attached hydrogen (secondary N) is 1. The number of benzene rings is 2. The third-order valence-electron chi connectivity index (χ3n) is 5.19. The van der Waals surface area contributed by atoms with Gasteiger partial charge in [0.1, 0.15) is 0 Å². The van der Waals surface area contributed by atoms with Gasteiger partial charge >= 0.3 is 0 Å². The summed E-state index contributed by atoms with van der Waals surface area (Å²) < 4.78 is 39.5. The maximum atomic E-state index is 13.3. The molecule has 0 aliphatic heterocycles. The van der Waals surface area contributed by atoms with Gasteiger partial charge in [-0.2, -0.15) is 4.31 Å². The molecule has 10 heteroatoms. The van der Waals surface area contributed by atoms with Crippen LogP contribution in [0.15, 0.2) is 47.4 Å². The van der Waals surface area contributed by atoms with Crippen LogP contribution in [0.4, 0.5) is 5.13 Å². The highest BCUT2D eigenvalue weighted by atomic mass is 32.2. The van der Waals surface area contributed by atoms with Crippen molar-refractivity contribution in [3.8, 4) is 11.5 Å². The summed E-state index contributed by atoms with van der Waals surface area (Å²) in [6, 6.07) is 12.0. The Morgan fingerprint density at radius 1 is 1.06 bits per heavy atom. The van der Waals surface area contributed by atoms with Gasteiger partial charge in [-0.25, -0.2) is 13.4 Å². The van der Waals surface area contributed by atoms with Crippen LogP contribution in [-0.4, -0.2) is 50.4 Å². The zero-order valence-corrected chi connectivity index (χ0v) is 21.4. The average molecular weight is 506 g/mol. The van der Waals surface area contributed by atoms with E-state index in [1.54, 1.807) is 40.7 Å². The molecule has 0 saturated heterocycles. The number of para-hydroxylation sites is 2. The first-order valence-electron chi connectivity index (χ1n) is 11.4. The van der Waals surface area contributed by atoms with E-state index in [9.17, 15) is 13.2 Å². The minimum absolute atomic E-state index is 0.209. The van der Waals surface area contributed by atoms with Gasteiger partial charge in [0.25, 0.3) is 5.91 Å². The number of carbonyl (C=O) groups excluding carboxylic acids is 1. The van der Waals surface area contributed by atoms with Gasteiger partial charge in [-0.3, -0.25) is 10.1 Å². The van der Waals surface area contributed by atoms with Crippen LogP contribution >= 0.6 is 11.3 Å². The van der Waals surface area contributed by atoms with Gasteiger partial charge in [0, 0.05) is 13.1 Å². The molecule has 0 fully saturated rings. The SMILES string of the molecule is CCCCN(CCCC)S(=O)(=O)c1ccc2nc(NC(=O)COc3ccccc3OC)sc2c1. The second kappa shape index (κ2) is 12.1. The molecule has 3 aromatic rings. The summed E-state index contributed by atoms with van der Waals surface area (Å²) in [5, 5.41) is 3.10. The van der Waals surface area contributed by atoms with Gasteiger partial charge in [-0.05, 0) is 43.2 Å². The number of hydrogen-bond acceptors (Lipinski definition) is 7. The molecule has 1 heterocycles. The quantitative estimate of drug-likeness (QED) is 0.354. The first-order chi connectivity index (χ1) is 16.4. The molecular weight excluding hydrogens is 474 g/mol. The third-order valence-corrected chi connectivity index (χ3v) is 8.02. The monoisotopic (exact) mass is 505 g/mol. The molecule has 0 aliphatic carbocycles. The van der Waals surface area contributed by atoms with Crippen LogP contribution in [0, 0.1) is 0 Å².